The number of ketones is 1. The van der Waals surface area contributed by atoms with Crippen LogP contribution in [-0.4, -0.2) is 11.8 Å². The Balaban J connectivity index is 2.03. The molecule has 0 saturated heterocycles. The Hall–Kier alpha value is -2.82. The molecular formula is C18H14F2O3. The monoisotopic (exact) mass is 316 g/mol. The van der Waals surface area contributed by atoms with Gasteiger partial charge in [0.2, 0.25) is 0 Å². The van der Waals surface area contributed by atoms with Crippen molar-refractivity contribution < 1.29 is 23.1 Å². The highest BCUT2D eigenvalue weighted by molar-refractivity contribution is 6.07. The third kappa shape index (κ3) is 4.32. The minimum absolute atomic E-state index is 0.0564. The van der Waals surface area contributed by atoms with Crippen LogP contribution in [0.25, 0.3) is 0 Å². The molecular weight excluding hydrogens is 302 g/mol. The highest BCUT2D eigenvalue weighted by Crippen LogP contribution is 2.16. The Morgan fingerprint density at radius 3 is 2.30 bits per heavy atom. The third-order valence-electron chi connectivity index (χ3n) is 3.27. The van der Waals surface area contributed by atoms with Crippen molar-refractivity contribution in [2.75, 3.05) is 0 Å². The van der Waals surface area contributed by atoms with Crippen molar-refractivity contribution in [3.05, 3.63) is 76.9 Å². The Morgan fingerprint density at radius 2 is 1.65 bits per heavy atom. The van der Waals surface area contributed by atoms with Crippen LogP contribution in [0.15, 0.2) is 48.6 Å². The summed E-state index contributed by atoms with van der Waals surface area (Å²) in [5.74, 6) is -3.16. The zero-order valence-corrected chi connectivity index (χ0v) is 12.6. The molecule has 0 atom stereocenters. The van der Waals surface area contributed by atoms with E-state index in [1.807, 2.05) is 19.9 Å². The number of carbonyl (C=O) groups excluding carboxylic acids is 2. The van der Waals surface area contributed by atoms with Crippen LogP contribution in [0.1, 0.15) is 21.5 Å². The van der Waals surface area contributed by atoms with Crippen molar-refractivity contribution in [2.45, 2.75) is 13.8 Å². The van der Waals surface area contributed by atoms with Crippen molar-refractivity contribution in [1.82, 2.24) is 0 Å². The van der Waals surface area contributed by atoms with Crippen LogP contribution in [-0.2, 0) is 4.79 Å². The van der Waals surface area contributed by atoms with Gasteiger partial charge < -0.3 is 4.74 Å². The van der Waals surface area contributed by atoms with Gasteiger partial charge in [0, 0.05) is 11.6 Å². The molecule has 0 unspecified atom stereocenters. The SMILES string of the molecule is Cc1ccc(OC(=O)/C=C/C(=O)c2ccc(F)c(F)c2)cc1C. The van der Waals surface area contributed by atoms with Crippen LogP contribution < -0.4 is 4.74 Å². The lowest BCUT2D eigenvalue weighted by atomic mass is 10.1. The van der Waals surface area contributed by atoms with Gasteiger partial charge >= 0.3 is 5.97 Å². The molecule has 118 valence electrons. The van der Waals surface area contributed by atoms with Crippen LogP contribution in [0, 0.1) is 25.5 Å². The summed E-state index contributed by atoms with van der Waals surface area (Å²) in [5.41, 5.74) is 1.98. The Labute approximate surface area is 132 Å². The van der Waals surface area contributed by atoms with E-state index in [4.69, 9.17) is 4.74 Å². The normalized spacial score (nSPS) is 10.8. The summed E-state index contributed by atoms with van der Waals surface area (Å²) in [7, 11) is 0. The molecule has 0 saturated carbocycles. The molecule has 2 aromatic rings. The quantitative estimate of drug-likeness (QED) is 0.371. The number of hydrogen-bond donors (Lipinski definition) is 0. The van der Waals surface area contributed by atoms with Crippen molar-refractivity contribution >= 4 is 11.8 Å². The second-order valence-electron chi connectivity index (χ2n) is 4.99. The number of benzene rings is 2. The zero-order chi connectivity index (χ0) is 17.0. The molecule has 23 heavy (non-hydrogen) atoms. The fourth-order valence-corrected chi connectivity index (χ4v) is 1.82. The number of halogens is 2. The van der Waals surface area contributed by atoms with E-state index in [0.29, 0.717) is 5.75 Å². The van der Waals surface area contributed by atoms with Gasteiger partial charge in [0.25, 0.3) is 0 Å². The van der Waals surface area contributed by atoms with Crippen LogP contribution >= 0.6 is 0 Å². The second kappa shape index (κ2) is 6.96. The van der Waals surface area contributed by atoms with Gasteiger partial charge in [0.05, 0.1) is 0 Å². The lowest BCUT2D eigenvalue weighted by Crippen LogP contribution is -2.06. The molecule has 0 spiro atoms. The van der Waals surface area contributed by atoms with Crippen LogP contribution in [0.3, 0.4) is 0 Å². The first-order valence-electron chi connectivity index (χ1n) is 6.83. The molecule has 0 amide bonds. The predicted molar refractivity (Wildman–Crippen MR) is 81.4 cm³/mol. The van der Waals surface area contributed by atoms with Gasteiger partial charge in [-0.25, -0.2) is 13.6 Å². The molecule has 0 aromatic heterocycles. The minimum Gasteiger partial charge on any atom is -0.423 e. The van der Waals surface area contributed by atoms with E-state index in [1.165, 1.54) is 0 Å². The lowest BCUT2D eigenvalue weighted by Gasteiger charge is -2.04. The van der Waals surface area contributed by atoms with Gasteiger partial charge in [-0.3, -0.25) is 4.79 Å². The molecule has 0 aliphatic heterocycles. The average Bonchev–Trinajstić information content (AvgIpc) is 2.51. The molecule has 2 aromatic carbocycles. The Kier molecular flexibility index (Phi) is 5.01. The molecule has 3 nitrogen and oxygen atoms in total. The standard InChI is InChI=1S/C18H14F2O3/c1-11-3-5-14(9-12(11)2)23-18(22)8-7-17(21)13-4-6-15(19)16(20)10-13/h3-10H,1-2H3/b8-7+. The van der Waals surface area contributed by atoms with E-state index >= 15 is 0 Å². The summed E-state index contributed by atoms with van der Waals surface area (Å²) < 4.78 is 30.9. The van der Waals surface area contributed by atoms with Crippen molar-refractivity contribution in [2.24, 2.45) is 0 Å². The summed E-state index contributed by atoms with van der Waals surface area (Å²) in [6.07, 6.45) is 1.90. The smallest absolute Gasteiger partial charge is 0.336 e. The maximum atomic E-state index is 13.1. The Bertz CT molecular complexity index is 795. The first kappa shape index (κ1) is 16.5. The van der Waals surface area contributed by atoms with Crippen LogP contribution in [0.5, 0.6) is 5.75 Å². The summed E-state index contributed by atoms with van der Waals surface area (Å²) in [6, 6.07) is 7.93. The fraction of sp³-hybridized carbons (Fsp3) is 0.111. The third-order valence-corrected chi connectivity index (χ3v) is 3.27. The molecule has 0 N–H and O–H groups in total. The molecule has 0 fully saturated rings. The number of ether oxygens (including phenoxy) is 1. The number of rotatable bonds is 4. The molecule has 2 rings (SSSR count). The minimum atomic E-state index is -1.12. The highest BCUT2D eigenvalue weighted by atomic mass is 19.2. The number of carbonyl (C=O) groups is 2. The molecule has 5 heteroatoms. The molecule has 0 aliphatic rings. The Morgan fingerprint density at radius 1 is 0.913 bits per heavy atom. The van der Waals surface area contributed by atoms with Crippen molar-refractivity contribution in [3.8, 4) is 5.75 Å². The molecule has 0 aliphatic carbocycles. The van der Waals surface area contributed by atoms with Gasteiger partial charge in [-0.15, -0.1) is 0 Å². The van der Waals surface area contributed by atoms with E-state index in [2.05, 4.69) is 0 Å². The first-order chi connectivity index (χ1) is 10.9. The summed E-state index contributed by atoms with van der Waals surface area (Å²) >= 11 is 0. The topological polar surface area (TPSA) is 43.4 Å². The molecule has 0 bridgehead atoms. The van der Waals surface area contributed by atoms with E-state index in [1.54, 1.807) is 12.1 Å². The summed E-state index contributed by atoms with van der Waals surface area (Å²) in [6.45, 7) is 3.82. The van der Waals surface area contributed by atoms with Gasteiger partial charge in [0.15, 0.2) is 17.4 Å². The fourth-order valence-electron chi connectivity index (χ4n) is 1.82. The maximum Gasteiger partial charge on any atom is 0.336 e. The van der Waals surface area contributed by atoms with E-state index in [-0.39, 0.29) is 5.56 Å². The summed E-state index contributed by atoms with van der Waals surface area (Å²) in [4.78, 5) is 23.5. The van der Waals surface area contributed by atoms with E-state index in [0.717, 1.165) is 41.5 Å². The first-order valence-corrected chi connectivity index (χ1v) is 6.83. The highest BCUT2D eigenvalue weighted by Gasteiger charge is 2.08. The van der Waals surface area contributed by atoms with E-state index < -0.39 is 23.4 Å². The van der Waals surface area contributed by atoms with Crippen molar-refractivity contribution in [3.63, 3.8) is 0 Å². The van der Waals surface area contributed by atoms with Crippen molar-refractivity contribution in [1.29, 1.82) is 0 Å². The average molecular weight is 316 g/mol. The lowest BCUT2D eigenvalue weighted by molar-refractivity contribution is -0.129. The van der Waals surface area contributed by atoms with E-state index in [9.17, 15) is 18.4 Å². The summed E-state index contributed by atoms with van der Waals surface area (Å²) in [5, 5.41) is 0. The van der Waals surface area contributed by atoms with Gasteiger partial charge in [-0.1, -0.05) is 6.07 Å². The maximum absolute atomic E-state index is 13.1. The number of hydrogen-bond acceptors (Lipinski definition) is 3. The van der Waals surface area contributed by atoms with Gasteiger partial charge in [0.1, 0.15) is 5.75 Å². The van der Waals surface area contributed by atoms with Gasteiger partial charge in [-0.05, 0) is 61.4 Å². The largest absolute Gasteiger partial charge is 0.423 e. The zero-order valence-electron chi connectivity index (χ0n) is 12.6. The molecule has 0 heterocycles. The number of esters is 1. The number of allylic oxidation sites excluding steroid dienone is 1. The van der Waals surface area contributed by atoms with Crippen LogP contribution in [0.2, 0.25) is 0 Å². The number of aryl methyl sites for hydroxylation is 2. The second-order valence-corrected chi connectivity index (χ2v) is 4.99. The van der Waals surface area contributed by atoms with Gasteiger partial charge in [-0.2, -0.15) is 0 Å². The van der Waals surface area contributed by atoms with Crippen LogP contribution in [0.4, 0.5) is 8.78 Å². The molecule has 0 radical (unpaired) electrons. The predicted octanol–water partition coefficient (Wildman–Crippen LogP) is 3.93.